The van der Waals surface area contributed by atoms with Gasteiger partial charge in [-0.2, -0.15) is 0 Å². The quantitative estimate of drug-likeness (QED) is 0.858. The van der Waals surface area contributed by atoms with Crippen molar-refractivity contribution < 1.29 is 8.42 Å². The van der Waals surface area contributed by atoms with Gasteiger partial charge in [-0.1, -0.05) is 39.7 Å². The van der Waals surface area contributed by atoms with Gasteiger partial charge < -0.3 is 0 Å². The third-order valence-electron chi connectivity index (χ3n) is 2.41. The lowest BCUT2D eigenvalue weighted by Crippen LogP contribution is -2.08. The lowest BCUT2D eigenvalue weighted by molar-refractivity contribution is 0.609. The fourth-order valence-electron chi connectivity index (χ4n) is 1.46. The van der Waals surface area contributed by atoms with E-state index < -0.39 is 10.0 Å². The molecule has 0 unspecified atom stereocenters. The molecule has 3 nitrogen and oxygen atoms in total. The summed E-state index contributed by atoms with van der Waals surface area (Å²) in [4.78, 5) is 0. The molecule has 0 aliphatic heterocycles. The minimum absolute atomic E-state index is 0.508. The highest BCUT2D eigenvalue weighted by Gasteiger charge is 2.05. The number of hydrogen-bond donors (Lipinski definition) is 1. The maximum absolute atomic E-state index is 11.9. The van der Waals surface area contributed by atoms with Crippen LogP contribution in [0.15, 0.2) is 58.4 Å². The van der Waals surface area contributed by atoms with Crippen LogP contribution in [0.2, 0.25) is 5.02 Å². The Hall–Kier alpha value is -1.30. The van der Waals surface area contributed by atoms with Crippen molar-refractivity contribution >= 4 is 49.3 Å². The van der Waals surface area contributed by atoms with Gasteiger partial charge in [-0.3, -0.25) is 4.72 Å². The first-order valence-corrected chi connectivity index (χ1v) is 8.38. The van der Waals surface area contributed by atoms with Gasteiger partial charge in [-0.15, -0.1) is 0 Å². The van der Waals surface area contributed by atoms with Crippen LogP contribution in [-0.4, -0.2) is 8.42 Å². The van der Waals surface area contributed by atoms with Crippen LogP contribution < -0.4 is 4.72 Å². The van der Waals surface area contributed by atoms with Crippen molar-refractivity contribution in [2.45, 2.75) is 0 Å². The molecule has 0 atom stereocenters. The smallest absolute Gasteiger partial charge is 0.255 e. The number of rotatable bonds is 4. The maximum Gasteiger partial charge on any atom is 0.255 e. The SMILES string of the molecule is O=S(=O)(/C=C/c1ccc(Cl)cc1)Nc1ccc(Br)cc1. The second-order valence-corrected chi connectivity index (χ2v) is 6.93. The highest BCUT2D eigenvalue weighted by Crippen LogP contribution is 2.16. The second kappa shape index (κ2) is 6.43. The van der Waals surface area contributed by atoms with Gasteiger partial charge in [0.2, 0.25) is 0 Å². The number of hydrogen-bond acceptors (Lipinski definition) is 2. The van der Waals surface area contributed by atoms with E-state index in [2.05, 4.69) is 20.7 Å². The molecule has 0 bridgehead atoms. The molecule has 0 aliphatic carbocycles. The maximum atomic E-state index is 11.9. The van der Waals surface area contributed by atoms with E-state index in [-0.39, 0.29) is 0 Å². The van der Waals surface area contributed by atoms with Crippen LogP contribution in [0.4, 0.5) is 5.69 Å². The molecule has 0 heterocycles. The summed E-state index contributed by atoms with van der Waals surface area (Å²) in [6.45, 7) is 0. The fraction of sp³-hybridized carbons (Fsp3) is 0. The first kappa shape index (κ1) is 15.1. The molecular weight excluding hydrogens is 362 g/mol. The Morgan fingerprint density at radius 2 is 1.60 bits per heavy atom. The molecule has 2 aromatic rings. The molecule has 1 N–H and O–H groups in total. The summed E-state index contributed by atoms with van der Waals surface area (Å²) in [6, 6.07) is 13.8. The van der Waals surface area contributed by atoms with E-state index in [4.69, 9.17) is 11.6 Å². The minimum atomic E-state index is -3.53. The molecule has 104 valence electrons. The number of sulfonamides is 1. The van der Waals surface area contributed by atoms with Gasteiger partial charge in [0, 0.05) is 15.2 Å². The average Bonchev–Trinajstić information content (AvgIpc) is 2.41. The molecule has 0 aromatic heterocycles. The Morgan fingerprint density at radius 1 is 1.00 bits per heavy atom. The number of benzene rings is 2. The Balaban J connectivity index is 2.11. The Labute approximate surface area is 131 Å². The topological polar surface area (TPSA) is 46.2 Å². The first-order valence-electron chi connectivity index (χ1n) is 5.67. The van der Waals surface area contributed by atoms with Crippen LogP contribution in [0.25, 0.3) is 6.08 Å². The molecule has 0 aliphatic rings. The second-order valence-electron chi connectivity index (χ2n) is 4.01. The fourth-order valence-corrected chi connectivity index (χ4v) is 2.72. The predicted octanol–water partition coefficient (Wildman–Crippen LogP) is 4.52. The van der Waals surface area contributed by atoms with Crippen LogP contribution >= 0.6 is 27.5 Å². The van der Waals surface area contributed by atoms with Crippen molar-refractivity contribution in [1.29, 1.82) is 0 Å². The molecule has 0 saturated heterocycles. The van der Waals surface area contributed by atoms with Gasteiger partial charge in [0.05, 0.1) is 5.41 Å². The van der Waals surface area contributed by atoms with Gasteiger partial charge in [0.25, 0.3) is 10.0 Å². The molecule has 2 aromatic carbocycles. The number of nitrogens with one attached hydrogen (secondary N) is 1. The van der Waals surface area contributed by atoms with Crippen LogP contribution in [0.3, 0.4) is 0 Å². The zero-order valence-electron chi connectivity index (χ0n) is 10.3. The van der Waals surface area contributed by atoms with Crippen molar-refractivity contribution in [2.24, 2.45) is 0 Å². The van der Waals surface area contributed by atoms with Gasteiger partial charge in [0.15, 0.2) is 0 Å². The lowest BCUT2D eigenvalue weighted by Gasteiger charge is -2.04. The van der Waals surface area contributed by atoms with Crippen LogP contribution in [-0.2, 0) is 10.0 Å². The van der Waals surface area contributed by atoms with E-state index >= 15 is 0 Å². The molecule has 2 rings (SSSR count). The Bertz CT molecular complexity index is 710. The molecule has 0 saturated carbocycles. The molecule has 20 heavy (non-hydrogen) atoms. The predicted molar refractivity (Wildman–Crippen MR) is 87.2 cm³/mol. The minimum Gasteiger partial charge on any atom is -0.280 e. The summed E-state index contributed by atoms with van der Waals surface area (Å²) in [7, 11) is -3.53. The van der Waals surface area contributed by atoms with E-state index in [0.717, 1.165) is 15.4 Å². The van der Waals surface area contributed by atoms with Crippen molar-refractivity contribution in [1.82, 2.24) is 0 Å². The third-order valence-corrected chi connectivity index (χ3v) is 4.21. The van der Waals surface area contributed by atoms with Gasteiger partial charge in [-0.25, -0.2) is 8.42 Å². The van der Waals surface area contributed by atoms with E-state index in [1.165, 1.54) is 6.08 Å². The largest absolute Gasteiger partial charge is 0.280 e. The Kier molecular flexibility index (Phi) is 4.86. The van der Waals surface area contributed by atoms with Crippen molar-refractivity contribution in [3.63, 3.8) is 0 Å². The van der Waals surface area contributed by atoms with Crippen molar-refractivity contribution in [3.8, 4) is 0 Å². The highest BCUT2D eigenvalue weighted by molar-refractivity contribution is 9.10. The molecule has 0 spiro atoms. The molecule has 0 amide bonds. The van der Waals surface area contributed by atoms with E-state index in [1.807, 2.05) is 0 Å². The van der Waals surface area contributed by atoms with E-state index in [9.17, 15) is 8.42 Å². The summed E-state index contributed by atoms with van der Waals surface area (Å²) in [6.07, 6.45) is 1.51. The van der Waals surface area contributed by atoms with Crippen LogP contribution in [0.5, 0.6) is 0 Å². The van der Waals surface area contributed by atoms with Gasteiger partial charge >= 0.3 is 0 Å². The normalized spacial score (nSPS) is 11.7. The molecule has 0 fully saturated rings. The summed E-state index contributed by atoms with van der Waals surface area (Å²) < 4.78 is 27.1. The van der Waals surface area contributed by atoms with E-state index in [1.54, 1.807) is 48.5 Å². The van der Waals surface area contributed by atoms with E-state index in [0.29, 0.717) is 10.7 Å². The third kappa shape index (κ3) is 4.67. The summed E-state index contributed by atoms with van der Waals surface area (Å²) in [5, 5.41) is 1.73. The summed E-state index contributed by atoms with van der Waals surface area (Å²) >= 11 is 9.05. The van der Waals surface area contributed by atoms with Gasteiger partial charge in [0.1, 0.15) is 0 Å². The van der Waals surface area contributed by atoms with Crippen molar-refractivity contribution in [3.05, 3.63) is 69.0 Å². The summed E-state index contributed by atoms with van der Waals surface area (Å²) in [5.74, 6) is 0. The monoisotopic (exact) mass is 371 g/mol. The molecule has 0 radical (unpaired) electrons. The van der Waals surface area contributed by atoms with Gasteiger partial charge in [-0.05, 0) is 48.0 Å². The summed E-state index contributed by atoms with van der Waals surface area (Å²) in [5.41, 5.74) is 1.27. The zero-order valence-corrected chi connectivity index (χ0v) is 13.4. The van der Waals surface area contributed by atoms with Crippen LogP contribution in [0.1, 0.15) is 5.56 Å². The first-order chi connectivity index (χ1) is 9.44. The number of anilines is 1. The van der Waals surface area contributed by atoms with Crippen molar-refractivity contribution in [2.75, 3.05) is 4.72 Å². The molecule has 6 heteroatoms. The molecular formula is C14H11BrClNO2S. The average molecular weight is 373 g/mol. The van der Waals surface area contributed by atoms with Crippen LogP contribution in [0, 0.1) is 0 Å². The highest BCUT2D eigenvalue weighted by atomic mass is 79.9. The number of halogens is 2. The standard InChI is InChI=1S/C14H11BrClNO2S/c15-12-3-7-14(8-4-12)17-20(18,19)10-9-11-1-5-13(16)6-2-11/h1-10,17H/b10-9+. The zero-order chi connectivity index (χ0) is 14.6. The Morgan fingerprint density at radius 3 is 2.20 bits per heavy atom. The lowest BCUT2D eigenvalue weighted by atomic mass is 10.2.